The van der Waals surface area contributed by atoms with E-state index >= 15 is 0 Å². The topological polar surface area (TPSA) is 23.6 Å². The van der Waals surface area contributed by atoms with Crippen LogP contribution in [-0.2, 0) is 11.3 Å². The van der Waals surface area contributed by atoms with Gasteiger partial charge in [-0.05, 0) is 17.7 Å². The third kappa shape index (κ3) is 3.37. The highest BCUT2D eigenvalue weighted by Crippen LogP contribution is 2.22. The van der Waals surface area contributed by atoms with Gasteiger partial charge < -0.3 is 4.90 Å². The number of carbonyl (C=O) groups is 1. The Hall–Kier alpha value is -0.770. The van der Waals surface area contributed by atoms with Gasteiger partial charge >= 0.3 is 0 Å². The van der Waals surface area contributed by atoms with E-state index in [4.69, 9.17) is 23.2 Å². The number of hydrogen-bond acceptors (Lipinski definition) is 2. The van der Waals surface area contributed by atoms with Gasteiger partial charge in [-0.1, -0.05) is 29.3 Å². The molecule has 1 fully saturated rings. The van der Waals surface area contributed by atoms with Crippen molar-refractivity contribution >= 4 is 29.1 Å². The molecule has 0 bridgehead atoms. The predicted octanol–water partition coefficient (Wildman–Crippen LogP) is 2.66. The maximum Gasteiger partial charge on any atom is 0.219 e. The molecular formula is C13H16Cl2N2O. The summed E-state index contributed by atoms with van der Waals surface area (Å²) >= 11 is 12.0. The number of rotatable bonds is 2. The zero-order valence-electron chi connectivity index (χ0n) is 10.3. The molecule has 0 N–H and O–H groups in total. The first-order valence-corrected chi connectivity index (χ1v) is 6.73. The number of nitrogens with zero attached hydrogens (tertiary/aromatic N) is 2. The molecule has 0 atom stereocenters. The SMILES string of the molecule is CC(=O)N1CCN(Cc2ccc(Cl)cc2Cl)CC1. The minimum atomic E-state index is 0.152. The number of piperazine rings is 1. The molecule has 1 aliphatic rings. The van der Waals surface area contributed by atoms with Gasteiger partial charge in [0.15, 0.2) is 0 Å². The molecule has 0 saturated carbocycles. The smallest absolute Gasteiger partial charge is 0.219 e. The summed E-state index contributed by atoms with van der Waals surface area (Å²) in [5.74, 6) is 0.152. The highest BCUT2D eigenvalue weighted by molar-refractivity contribution is 6.35. The lowest BCUT2D eigenvalue weighted by Gasteiger charge is -2.34. The molecule has 5 heteroatoms. The number of amides is 1. The standard InChI is InChI=1S/C13H16Cl2N2O/c1-10(18)17-6-4-16(5-7-17)9-11-2-3-12(14)8-13(11)15/h2-3,8H,4-7,9H2,1H3. The third-order valence-corrected chi connectivity index (χ3v) is 3.81. The Morgan fingerprint density at radius 1 is 1.22 bits per heavy atom. The Bertz CT molecular complexity index is 443. The molecule has 98 valence electrons. The van der Waals surface area contributed by atoms with Crippen LogP contribution in [0.5, 0.6) is 0 Å². The number of halogens is 2. The van der Waals surface area contributed by atoms with Gasteiger partial charge in [-0.25, -0.2) is 0 Å². The molecule has 0 radical (unpaired) electrons. The zero-order valence-corrected chi connectivity index (χ0v) is 11.8. The van der Waals surface area contributed by atoms with Crippen LogP contribution >= 0.6 is 23.2 Å². The Balaban J connectivity index is 1.93. The van der Waals surface area contributed by atoms with Gasteiger partial charge in [-0.3, -0.25) is 9.69 Å². The summed E-state index contributed by atoms with van der Waals surface area (Å²) in [6, 6.07) is 5.58. The summed E-state index contributed by atoms with van der Waals surface area (Å²) in [6.07, 6.45) is 0. The minimum absolute atomic E-state index is 0.152. The average Bonchev–Trinajstić information content (AvgIpc) is 2.33. The Morgan fingerprint density at radius 3 is 2.44 bits per heavy atom. The van der Waals surface area contributed by atoms with E-state index in [-0.39, 0.29) is 5.91 Å². The lowest BCUT2D eigenvalue weighted by molar-refractivity contribution is -0.130. The summed E-state index contributed by atoms with van der Waals surface area (Å²) in [4.78, 5) is 15.4. The first kappa shape index (κ1) is 13.7. The molecule has 0 aliphatic carbocycles. The van der Waals surface area contributed by atoms with E-state index in [1.807, 2.05) is 17.0 Å². The van der Waals surface area contributed by atoms with Crippen molar-refractivity contribution in [1.29, 1.82) is 0 Å². The molecule has 1 saturated heterocycles. The number of carbonyl (C=O) groups excluding carboxylic acids is 1. The van der Waals surface area contributed by atoms with E-state index in [9.17, 15) is 4.79 Å². The molecule has 3 nitrogen and oxygen atoms in total. The minimum Gasteiger partial charge on any atom is -0.340 e. The van der Waals surface area contributed by atoms with Crippen molar-refractivity contribution in [1.82, 2.24) is 9.80 Å². The van der Waals surface area contributed by atoms with Crippen molar-refractivity contribution < 1.29 is 4.79 Å². The lowest BCUT2D eigenvalue weighted by Crippen LogP contribution is -2.47. The van der Waals surface area contributed by atoms with Crippen molar-refractivity contribution in [2.24, 2.45) is 0 Å². The summed E-state index contributed by atoms with van der Waals surface area (Å²) in [5.41, 5.74) is 1.08. The number of hydrogen-bond donors (Lipinski definition) is 0. The van der Waals surface area contributed by atoms with E-state index in [1.54, 1.807) is 13.0 Å². The van der Waals surface area contributed by atoms with Gasteiger partial charge in [0.05, 0.1) is 0 Å². The second kappa shape index (κ2) is 5.91. The van der Waals surface area contributed by atoms with Crippen LogP contribution in [-0.4, -0.2) is 41.9 Å². The van der Waals surface area contributed by atoms with E-state index < -0.39 is 0 Å². The lowest BCUT2D eigenvalue weighted by atomic mass is 10.2. The van der Waals surface area contributed by atoms with Gasteiger partial charge in [-0.2, -0.15) is 0 Å². The molecule has 2 rings (SSSR count). The molecule has 0 aromatic heterocycles. The summed E-state index contributed by atoms with van der Waals surface area (Å²) in [5, 5.41) is 1.36. The first-order chi connectivity index (χ1) is 8.56. The maximum absolute atomic E-state index is 11.2. The van der Waals surface area contributed by atoms with Gasteiger partial charge in [0, 0.05) is 49.7 Å². The molecule has 1 aromatic rings. The highest BCUT2D eigenvalue weighted by Gasteiger charge is 2.19. The zero-order chi connectivity index (χ0) is 13.1. The molecular weight excluding hydrogens is 271 g/mol. The Labute approximate surface area is 117 Å². The van der Waals surface area contributed by atoms with Crippen LogP contribution in [0, 0.1) is 0 Å². The highest BCUT2D eigenvalue weighted by atomic mass is 35.5. The van der Waals surface area contributed by atoms with Crippen molar-refractivity contribution in [2.45, 2.75) is 13.5 Å². The van der Waals surface area contributed by atoms with Gasteiger partial charge in [0.2, 0.25) is 5.91 Å². The van der Waals surface area contributed by atoms with Crippen LogP contribution in [0.25, 0.3) is 0 Å². The van der Waals surface area contributed by atoms with Gasteiger partial charge in [0.25, 0.3) is 0 Å². The fourth-order valence-corrected chi connectivity index (χ4v) is 2.58. The molecule has 18 heavy (non-hydrogen) atoms. The summed E-state index contributed by atoms with van der Waals surface area (Å²) in [7, 11) is 0. The summed E-state index contributed by atoms with van der Waals surface area (Å²) in [6.45, 7) is 5.78. The van der Waals surface area contributed by atoms with E-state index in [1.165, 1.54) is 0 Å². The van der Waals surface area contributed by atoms with Crippen LogP contribution in [0.1, 0.15) is 12.5 Å². The fourth-order valence-electron chi connectivity index (χ4n) is 2.11. The van der Waals surface area contributed by atoms with Crippen molar-refractivity contribution in [3.63, 3.8) is 0 Å². The molecule has 0 spiro atoms. The number of benzene rings is 1. The molecule has 1 aliphatic heterocycles. The van der Waals surface area contributed by atoms with E-state index in [0.717, 1.165) is 38.3 Å². The second-order valence-electron chi connectivity index (χ2n) is 4.52. The Kier molecular flexibility index (Phi) is 4.49. The molecule has 1 amide bonds. The van der Waals surface area contributed by atoms with Crippen molar-refractivity contribution in [3.8, 4) is 0 Å². The average molecular weight is 287 g/mol. The maximum atomic E-state index is 11.2. The van der Waals surface area contributed by atoms with E-state index in [0.29, 0.717) is 10.0 Å². The largest absolute Gasteiger partial charge is 0.340 e. The van der Waals surface area contributed by atoms with Crippen LogP contribution in [0.3, 0.4) is 0 Å². The van der Waals surface area contributed by atoms with Crippen LogP contribution in [0.2, 0.25) is 10.0 Å². The van der Waals surface area contributed by atoms with Gasteiger partial charge in [-0.15, -0.1) is 0 Å². The normalized spacial score (nSPS) is 16.9. The van der Waals surface area contributed by atoms with Crippen LogP contribution < -0.4 is 0 Å². The molecule has 1 heterocycles. The van der Waals surface area contributed by atoms with Crippen LogP contribution in [0.4, 0.5) is 0 Å². The predicted molar refractivity (Wildman–Crippen MR) is 74.0 cm³/mol. The monoisotopic (exact) mass is 286 g/mol. The van der Waals surface area contributed by atoms with Crippen molar-refractivity contribution in [2.75, 3.05) is 26.2 Å². The first-order valence-electron chi connectivity index (χ1n) is 5.98. The fraction of sp³-hybridized carbons (Fsp3) is 0.462. The van der Waals surface area contributed by atoms with Crippen molar-refractivity contribution in [3.05, 3.63) is 33.8 Å². The molecule has 1 aromatic carbocycles. The summed E-state index contributed by atoms with van der Waals surface area (Å²) < 4.78 is 0. The quantitative estimate of drug-likeness (QED) is 0.835. The van der Waals surface area contributed by atoms with Gasteiger partial charge in [0.1, 0.15) is 0 Å². The van der Waals surface area contributed by atoms with E-state index in [2.05, 4.69) is 4.90 Å². The van der Waals surface area contributed by atoms with Crippen LogP contribution in [0.15, 0.2) is 18.2 Å². The molecule has 0 unspecified atom stereocenters. The second-order valence-corrected chi connectivity index (χ2v) is 5.36. The Morgan fingerprint density at radius 2 is 1.89 bits per heavy atom. The third-order valence-electron chi connectivity index (χ3n) is 3.23.